The maximum Gasteiger partial charge on any atom is 0.415 e. The number of amides is 3. The van der Waals surface area contributed by atoms with Crippen LogP contribution in [0.4, 0.5) is 15.3 Å². The van der Waals surface area contributed by atoms with E-state index in [9.17, 15) is 19.5 Å². The van der Waals surface area contributed by atoms with Gasteiger partial charge < -0.3 is 30.0 Å². The largest absolute Gasteiger partial charge is 0.444 e. The number of aliphatic hydroxyl groups excluding tert-OH is 1. The van der Waals surface area contributed by atoms with E-state index in [4.69, 9.17) is 14.2 Å². The van der Waals surface area contributed by atoms with E-state index in [0.29, 0.717) is 38.2 Å². The summed E-state index contributed by atoms with van der Waals surface area (Å²) in [4.78, 5) is 40.2. The Morgan fingerprint density at radius 2 is 1.53 bits per heavy atom. The lowest BCUT2D eigenvalue weighted by molar-refractivity contribution is -0.128. The molecule has 3 aromatic carbocycles. The minimum absolute atomic E-state index is 0.0736. The number of nitrogens with one attached hydrogen (secondary N) is 2. The van der Waals surface area contributed by atoms with E-state index in [1.165, 1.54) is 4.90 Å². The summed E-state index contributed by atoms with van der Waals surface area (Å²) in [6.07, 6.45) is -2.05. The summed E-state index contributed by atoms with van der Waals surface area (Å²) in [6, 6.07) is 27.0. The lowest BCUT2D eigenvalue weighted by Gasteiger charge is -2.29. The molecule has 0 radical (unpaired) electrons. The first-order chi connectivity index (χ1) is 20.9. The molecule has 2 saturated heterocycles. The molecule has 2 fully saturated rings. The summed E-state index contributed by atoms with van der Waals surface area (Å²) in [5.74, 6) is -0.451. The van der Waals surface area contributed by atoms with Gasteiger partial charge in [-0.25, -0.2) is 9.59 Å². The molecule has 0 saturated carbocycles. The van der Waals surface area contributed by atoms with Crippen molar-refractivity contribution >= 4 is 23.8 Å². The third kappa shape index (κ3) is 8.56. The third-order valence-electron chi connectivity index (χ3n) is 7.60. The Morgan fingerprint density at radius 3 is 2.16 bits per heavy atom. The predicted octanol–water partition coefficient (Wildman–Crippen LogP) is 3.62. The van der Waals surface area contributed by atoms with E-state index in [2.05, 4.69) is 10.6 Å². The fraction of sp³-hybridized carbons (Fsp3) is 0.364. The van der Waals surface area contributed by atoms with E-state index in [1.807, 2.05) is 78.9 Å². The minimum Gasteiger partial charge on any atom is -0.444 e. The number of hydrogen-bond donors (Lipinski definition) is 3. The van der Waals surface area contributed by atoms with Crippen molar-refractivity contribution in [1.82, 2.24) is 10.6 Å². The number of para-hydroxylation sites is 1. The number of rotatable bonds is 12. The third-order valence-corrected chi connectivity index (χ3v) is 7.60. The molecule has 0 bridgehead atoms. The number of carbonyl (C=O) groups is 3. The highest BCUT2D eigenvalue weighted by Crippen LogP contribution is 2.22. The van der Waals surface area contributed by atoms with Gasteiger partial charge in [0.25, 0.3) is 5.91 Å². The topological polar surface area (TPSA) is 126 Å². The standard InChI is InChI=1S/C33H37N3O7/c37-29(28(19-24-12-6-2-7-13-24)35-32(39)42-27-16-17-41-22-27)20-25(18-23-10-4-1-5-11-23)34-31(38)30-21-36(33(40)43-30)26-14-8-3-9-15-26/h1-15,25,27-30,37H,16-22H2,(H,34,38)(H,35,39)/t25?,27?,28?,29-,30?/m0/s1. The van der Waals surface area contributed by atoms with Crippen LogP contribution >= 0.6 is 0 Å². The Kier molecular flexibility index (Phi) is 10.2. The molecule has 226 valence electrons. The summed E-state index contributed by atoms with van der Waals surface area (Å²) in [7, 11) is 0. The van der Waals surface area contributed by atoms with E-state index in [1.54, 1.807) is 12.1 Å². The number of anilines is 1. The Bertz CT molecular complexity index is 1340. The summed E-state index contributed by atoms with van der Waals surface area (Å²) in [6.45, 7) is 0.955. The molecule has 0 aromatic heterocycles. The molecule has 3 N–H and O–H groups in total. The fourth-order valence-corrected chi connectivity index (χ4v) is 5.35. The van der Waals surface area contributed by atoms with Gasteiger partial charge in [-0.3, -0.25) is 9.69 Å². The van der Waals surface area contributed by atoms with Gasteiger partial charge in [0.2, 0.25) is 0 Å². The Labute approximate surface area is 250 Å². The van der Waals surface area contributed by atoms with Crippen molar-refractivity contribution in [3.8, 4) is 0 Å². The van der Waals surface area contributed by atoms with Crippen LogP contribution in [0, 0.1) is 0 Å². The van der Waals surface area contributed by atoms with Crippen molar-refractivity contribution < 1.29 is 33.7 Å². The highest BCUT2D eigenvalue weighted by Gasteiger charge is 2.38. The number of alkyl carbamates (subject to hydrolysis) is 1. The molecule has 3 amide bonds. The molecule has 3 aromatic rings. The smallest absolute Gasteiger partial charge is 0.415 e. The fourth-order valence-electron chi connectivity index (χ4n) is 5.35. The van der Waals surface area contributed by atoms with E-state index in [-0.39, 0.29) is 19.1 Å². The molecular formula is C33H37N3O7. The van der Waals surface area contributed by atoms with Crippen LogP contribution in [0.2, 0.25) is 0 Å². The summed E-state index contributed by atoms with van der Waals surface area (Å²) < 4.78 is 16.2. The second-order valence-corrected chi connectivity index (χ2v) is 10.8. The number of nitrogens with zero attached hydrogens (tertiary/aromatic N) is 1. The lowest BCUT2D eigenvalue weighted by Crippen LogP contribution is -2.50. The number of ether oxygens (including phenoxy) is 3. The minimum atomic E-state index is -1.03. The van der Waals surface area contributed by atoms with E-state index >= 15 is 0 Å². The van der Waals surface area contributed by atoms with Gasteiger partial charge in [0.15, 0.2) is 6.10 Å². The summed E-state index contributed by atoms with van der Waals surface area (Å²) >= 11 is 0. The molecular weight excluding hydrogens is 550 g/mol. The van der Waals surface area contributed by atoms with Gasteiger partial charge in [0.05, 0.1) is 31.9 Å². The normalized spacial score (nSPS) is 20.1. The molecule has 43 heavy (non-hydrogen) atoms. The second-order valence-electron chi connectivity index (χ2n) is 10.8. The van der Waals surface area contributed by atoms with Crippen LogP contribution in [0.5, 0.6) is 0 Å². The zero-order valence-electron chi connectivity index (χ0n) is 23.8. The number of benzene rings is 3. The van der Waals surface area contributed by atoms with Crippen molar-refractivity contribution in [2.75, 3.05) is 24.7 Å². The van der Waals surface area contributed by atoms with Gasteiger partial charge in [0, 0.05) is 18.2 Å². The quantitative estimate of drug-likeness (QED) is 0.296. The zero-order valence-corrected chi connectivity index (χ0v) is 23.8. The Morgan fingerprint density at radius 1 is 0.907 bits per heavy atom. The van der Waals surface area contributed by atoms with Crippen LogP contribution in [-0.4, -0.2) is 73.4 Å². The van der Waals surface area contributed by atoms with Crippen LogP contribution in [0.25, 0.3) is 0 Å². The van der Waals surface area contributed by atoms with E-state index in [0.717, 1.165) is 11.1 Å². The summed E-state index contributed by atoms with van der Waals surface area (Å²) in [5, 5.41) is 17.3. The van der Waals surface area contributed by atoms with Crippen LogP contribution in [0.3, 0.4) is 0 Å². The van der Waals surface area contributed by atoms with Crippen molar-refractivity contribution in [3.05, 3.63) is 102 Å². The van der Waals surface area contributed by atoms with Crippen LogP contribution in [0.15, 0.2) is 91.0 Å². The molecule has 5 rings (SSSR count). The lowest BCUT2D eigenvalue weighted by atomic mass is 9.93. The Balaban J connectivity index is 1.28. The number of carbonyl (C=O) groups excluding carboxylic acids is 3. The number of aliphatic hydroxyl groups is 1. The Hall–Kier alpha value is -4.41. The average Bonchev–Trinajstić information content (AvgIpc) is 3.68. The molecule has 2 heterocycles. The predicted molar refractivity (Wildman–Crippen MR) is 160 cm³/mol. The van der Waals surface area contributed by atoms with Gasteiger partial charge in [-0.05, 0) is 42.5 Å². The first-order valence-electron chi connectivity index (χ1n) is 14.6. The molecule has 0 spiro atoms. The molecule has 10 nitrogen and oxygen atoms in total. The van der Waals surface area contributed by atoms with Crippen molar-refractivity contribution in [2.24, 2.45) is 0 Å². The van der Waals surface area contributed by atoms with Crippen molar-refractivity contribution in [2.45, 2.75) is 56.1 Å². The second kappa shape index (κ2) is 14.7. The first-order valence-corrected chi connectivity index (χ1v) is 14.6. The monoisotopic (exact) mass is 587 g/mol. The van der Waals surface area contributed by atoms with Crippen molar-refractivity contribution in [3.63, 3.8) is 0 Å². The maximum atomic E-state index is 13.4. The molecule has 5 atom stereocenters. The van der Waals surface area contributed by atoms with Gasteiger partial charge in [0.1, 0.15) is 6.10 Å². The van der Waals surface area contributed by atoms with Gasteiger partial charge >= 0.3 is 12.2 Å². The molecule has 10 heteroatoms. The average molecular weight is 588 g/mol. The van der Waals surface area contributed by atoms with Crippen LogP contribution in [0.1, 0.15) is 24.0 Å². The number of cyclic esters (lactones) is 1. The van der Waals surface area contributed by atoms with Crippen LogP contribution < -0.4 is 15.5 Å². The first kappa shape index (κ1) is 30.1. The SMILES string of the molecule is O=C(NC(Cc1ccccc1)[C@@H](O)CC(Cc1ccccc1)NC(=O)C1CN(c2ccccc2)C(=O)O1)OC1CCOC1. The molecule has 0 aliphatic carbocycles. The van der Waals surface area contributed by atoms with Crippen molar-refractivity contribution in [1.29, 1.82) is 0 Å². The van der Waals surface area contributed by atoms with Crippen LogP contribution in [-0.2, 0) is 31.8 Å². The zero-order chi connectivity index (χ0) is 30.0. The maximum absolute atomic E-state index is 13.4. The highest BCUT2D eigenvalue weighted by molar-refractivity contribution is 5.95. The van der Waals surface area contributed by atoms with Gasteiger partial charge in [-0.2, -0.15) is 0 Å². The molecule has 2 aliphatic rings. The molecule has 2 aliphatic heterocycles. The summed E-state index contributed by atoms with van der Waals surface area (Å²) in [5.41, 5.74) is 2.53. The highest BCUT2D eigenvalue weighted by atomic mass is 16.6. The number of hydrogen-bond acceptors (Lipinski definition) is 7. The molecule has 4 unspecified atom stereocenters. The van der Waals surface area contributed by atoms with Gasteiger partial charge in [-0.1, -0.05) is 78.9 Å². The van der Waals surface area contributed by atoms with E-state index < -0.39 is 42.4 Å². The van der Waals surface area contributed by atoms with Gasteiger partial charge in [-0.15, -0.1) is 0 Å².